The molecule has 0 atom stereocenters. The molecule has 2 aromatic heterocycles. The molecule has 194 valence electrons. The molecule has 0 saturated carbocycles. The van der Waals surface area contributed by atoms with Crippen LogP contribution in [-0.4, -0.2) is 59.9 Å². The summed E-state index contributed by atoms with van der Waals surface area (Å²) in [5.41, 5.74) is 1.98. The number of carbonyl (C=O) groups is 1. The predicted octanol–water partition coefficient (Wildman–Crippen LogP) is 3.10. The highest BCUT2D eigenvalue weighted by Gasteiger charge is 2.27. The van der Waals surface area contributed by atoms with E-state index in [0.29, 0.717) is 11.6 Å². The average Bonchev–Trinajstić information content (AvgIpc) is 3.48. The zero-order valence-electron chi connectivity index (χ0n) is 21.3. The minimum Gasteiger partial charge on any atom is -0.381 e. The summed E-state index contributed by atoms with van der Waals surface area (Å²) < 4.78 is 36.2. The van der Waals surface area contributed by atoms with Gasteiger partial charge in [0.1, 0.15) is 5.82 Å². The van der Waals surface area contributed by atoms with Gasteiger partial charge in [0.25, 0.3) is 5.91 Å². The molecule has 10 nitrogen and oxygen atoms in total. The van der Waals surface area contributed by atoms with Gasteiger partial charge in [-0.3, -0.25) is 9.10 Å². The van der Waals surface area contributed by atoms with E-state index >= 15 is 0 Å². The lowest BCUT2D eigenvalue weighted by Gasteiger charge is -2.26. The van der Waals surface area contributed by atoms with E-state index in [4.69, 9.17) is 9.72 Å². The first-order chi connectivity index (χ1) is 17.0. The molecule has 3 aromatic rings. The Labute approximate surface area is 212 Å². The van der Waals surface area contributed by atoms with Gasteiger partial charge in [-0.05, 0) is 43.0 Å². The van der Waals surface area contributed by atoms with E-state index in [9.17, 15) is 13.2 Å². The van der Waals surface area contributed by atoms with Crippen molar-refractivity contribution in [3.8, 4) is 0 Å². The van der Waals surface area contributed by atoms with E-state index in [1.54, 1.807) is 12.1 Å². The zero-order chi connectivity index (χ0) is 26.1. The summed E-state index contributed by atoms with van der Waals surface area (Å²) in [6.07, 6.45) is 4.82. The number of nitrogens with one attached hydrogen (secondary N) is 1. The molecule has 1 aliphatic heterocycles. The molecule has 1 aliphatic rings. The summed E-state index contributed by atoms with van der Waals surface area (Å²) in [5, 5.41) is 6.55. The molecule has 0 radical (unpaired) electrons. The van der Waals surface area contributed by atoms with E-state index < -0.39 is 16.1 Å². The normalized spacial score (nSPS) is 15.2. The molecule has 1 fully saturated rings. The number of imidazole rings is 1. The highest BCUT2D eigenvalue weighted by atomic mass is 32.2. The van der Waals surface area contributed by atoms with Gasteiger partial charge in [-0.2, -0.15) is 13.5 Å². The third kappa shape index (κ3) is 5.17. The molecule has 0 unspecified atom stereocenters. The minimum atomic E-state index is -4.06. The number of amides is 1. The van der Waals surface area contributed by atoms with Crippen molar-refractivity contribution in [1.29, 1.82) is 0 Å². The molecular formula is C25H34N6O4S. The number of rotatable bonds is 8. The van der Waals surface area contributed by atoms with Gasteiger partial charge in [0.15, 0.2) is 5.69 Å². The quantitative estimate of drug-likeness (QED) is 0.463. The Balaban J connectivity index is 1.65. The van der Waals surface area contributed by atoms with Crippen LogP contribution in [0.15, 0.2) is 43.1 Å². The van der Waals surface area contributed by atoms with Crippen LogP contribution in [0.4, 0.5) is 5.69 Å². The van der Waals surface area contributed by atoms with Gasteiger partial charge in [0.2, 0.25) is 0 Å². The van der Waals surface area contributed by atoms with Gasteiger partial charge < -0.3 is 14.6 Å². The molecule has 4 rings (SSSR count). The lowest BCUT2D eigenvalue weighted by atomic mass is 9.94. The fraction of sp³-hybridized carbons (Fsp3) is 0.480. The summed E-state index contributed by atoms with van der Waals surface area (Å²) in [6, 6.07) is 6.84. The maximum atomic E-state index is 13.3. The molecule has 1 N–H and O–H groups in total. The lowest BCUT2D eigenvalue weighted by Crippen LogP contribution is -2.33. The second kappa shape index (κ2) is 10.1. The lowest BCUT2D eigenvalue weighted by molar-refractivity contribution is 0.0611. The highest BCUT2D eigenvalue weighted by molar-refractivity contribution is 7.91. The van der Waals surface area contributed by atoms with Gasteiger partial charge in [-0.25, -0.2) is 4.98 Å². The largest absolute Gasteiger partial charge is 0.381 e. The van der Waals surface area contributed by atoms with E-state index in [1.807, 2.05) is 6.07 Å². The summed E-state index contributed by atoms with van der Waals surface area (Å²) in [6.45, 7) is 12.6. The number of aromatic nitrogens is 4. The topological polar surface area (TPSA) is 111 Å². The molecule has 11 heteroatoms. The molecule has 1 aromatic carbocycles. The number of carbonyl (C=O) groups excluding carboxylic acids is 1. The molecule has 0 bridgehead atoms. The number of anilines is 1. The smallest absolute Gasteiger partial charge is 0.345 e. The van der Waals surface area contributed by atoms with Crippen molar-refractivity contribution in [3.63, 3.8) is 0 Å². The van der Waals surface area contributed by atoms with Crippen molar-refractivity contribution >= 4 is 32.8 Å². The van der Waals surface area contributed by atoms with Crippen molar-refractivity contribution < 1.29 is 17.9 Å². The maximum absolute atomic E-state index is 13.3. The third-order valence-electron chi connectivity index (χ3n) is 6.34. The first kappa shape index (κ1) is 25.9. The second-order valence-corrected chi connectivity index (χ2v) is 11.9. The van der Waals surface area contributed by atoms with Crippen LogP contribution >= 0.6 is 0 Å². The van der Waals surface area contributed by atoms with Gasteiger partial charge in [0, 0.05) is 45.0 Å². The fourth-order valence-corrected chi connectivity index (χ4v) is 5.37. The molecule has 36 heavy (non-hydrogen) atoms. The molecule has 0 spiro atoms. The van der Waals surface area contributed by atoms with Crippen LogP contribution in [0.2, 0.25) is 0 Å². The minimum absolute atomic E-state index is 0.00551. The van der Waals surface area contributed by atoms with Crippen molar-refractivity contribution in [2.75, 3.05) is 31.1 Å². The third-order valence-corrected chi connectivity index (χ3v) is 7.92. The van der Waals surface area contributed by atoms with Crippen LogP contribution in [-0.2, 0) is 26.9 Å². The van der Waals surface area contributed by atoms with Crippen LogP contribution < -0.4 is 9.62 Å². The monoisotopic (exact) mass is 514 g/mol. The Kier molecular flexibility index (Phi) is 7.24. The van der Waals surface area contributed by atoms with Crippen molar-refractivity contribution in [1.82, 2.24) is 24.1 Å². The van der Waals surface area contributed by atoms with E-state index in [2.05, 4.69) is 42.3 Å². The van der Waals surface area contributed by atoms with Gasteiger partial charge in [0.05, 0.1) is 16.7 Å². The number of benzene rings is 1. The van der Waals surface area contributed by atoms with Crippen molar-refractivity contribution in [2.45, 2.75) is 45.6 Å². The van der Waals surface area contributed by atoms with Gasteiger partial charge in [-0.1, -0.05) is 26.8 Å². The Morgan fingerprint density at radius 3 is 2.67 bits per heavy atom. The van der Waals surface area contributed by atoms with Crippen LogP contribution in [0.3, 0.4) is 0 Å². The SMILES string of the molecule is C=CCNC(=O)c1ccn(S(=O)(=O)N(C)c2ccc3c(c2)nc(C(C)(C)C)n3CC2CCOCC2)n1. The van der Waals surface area contributed by atoms with Crippen molar-refractivity contribution in [2.24, 2.45) is 5.92 Å². The highest BCUT2D eigenvalue weighted by Crippen LogP contribution is 2.31. The van der Waals surface area contributed by atoms with E-state index in [-0.39, 0.29) is 17.7 Å². The number of fused-ring (bicyclic) bond motifs is 1. The summed E-state index contributed by atoms with van der Waals surface area (Å²) in [4.78, 5) is 17.1. The molecule has 3 heterocycles. The van der Waals surface area contributed by atoms with E-state index in [1.165, 1.54) is 25.4 Å². The van der Waals surface area contributed by atoms with E-state index in [0.717, 1.165) is 57.9 Å². The molecule has 1 amide bonds. The van der Waals surface area contributed by atoms with Crippen LogP contribution in [0.1, 0.15) is 49.9 Å². The summed E-state index contributed by atoms with van der Waals surface area (Å²) >= 11 is 0. The van der Waals surface area contributed by atoms with Crippen LogP contribution in [0.5, 0.6) is 0 Å². The number of ether oxygens (including phenoxy) is 1. The first-order valence-electron chi connectivity index (χ1n) is 12.0. The van der Waals surface area contributed by atoms with Crippen LogP contribution in [0, 0.1) is 5.92 Å². The Morgan fingerprint density at radius 1 is 1.28 bits per heavy atom. The Bertz CT molecular complexity index is 1360. The first-order valence-corrected chi connectivity index (χ1v) is 13.4. The predicted molar refractivity (Wildman–Crippen MR) is 139 cm³/mol. The standard InChI is InChI=1S/C25H34N6O4S/c1-6-12-26-23(32)20-9-13-31(28-20)36(33,34)29(5)19-7-8-22-21(16-19)27-24(25(2,3)4)30(22)17-18-10-14-35-15-11-18/h6-9,13,16,18H,1,10-12,14-15,17H2,2-5H3,(H,26,32). The average molecular weight is 515 g/mol. The van der Waals surface area contributed by atoms with Crippen LogP contribution in [0.25, 0.3) is 11.0 Å². The molecular weight excluding hydrogens is 480 g/mol. The Morgan fingerprint density at radius 2 is 2.00 bits per heavy atom. The van der Waals surface area contributed by atoms with Gasteiger partial charge >= 0.3 is 10.2 Å². The number of hydrogen-bond acceptors (Lipinski definition) is 6. The summed E-state index contributed by atoms with van der Waals surface area (Å²) in [5.74, 6) is 1.00. The number of hydrogen-bond donors (Lipinski definition) is 1. The Hall–Kier alpha value is -3.18. The molecule has 0 aliphatic carbocycles. The molecule has 1 saturated heterocycles. The second-order valence-electron chi connectivity index (χ2n) is 10.1. The number of nitrogens with zero attached hydrogens (tertiary/aromatic N) is 5. The summed E-state index contributed by atoms with van der Waals surface area (Å²) in [7, 11) is -2.60. The van der Waals surface area contributed by atoms with Gasteiger partial charge in [-0.15, -0.1) is 10.7 Å². The zero-order valence-corrected chi connectivity index (χ0v) is 22.1. The fourth-order valence-electron chi connectivity index (χ4n) is 4.33. The maximum Gasteiger partial charge on any atom is 0.345 e. The van der Waals surface area contributed by atoms with Crippen molar-refractivity contribution in [3.05, 3.63) is 54.6 Å².